The first-order valence-corrected chi connectivity index (χ1v) is 6.65. The molecule has 94 valence electrons. The van der Waals surface area contributed by atoms with E-state index in [1.54, 1.807) is 0 Å². The summed E-state index contributed by atoms with van der Waals surface area (Å²) in [5, 5.41) is 7.43. The fourth-order valence-electron chi connectivity index (χ4n) is 3.05. The molecule has 0 bridgehead atoms. The zero-order chi connectivity index (χ0) is 12.4. The molecule has 0 atom stereocenters. The molecule has 1 aliphatic rings. The summed E-state index contributed by atoms with van der Waals surface area (Å²) in [6.07, 6.45) is 6.84. The maximum atomic E-state index is 5.79. The van der Waals surface area contributed by atoms with Gasteiger partial charge in [-0.05, 0) is 31.4 Å². The third-order valence-electron chi connectivity index (χ3n) is 4.21. The lowest BCUT2D eigenvalue weighted by atomic mass is 9.62. The molecule has 0 aliphatic heterocycles. The van der Waals surface area contributed by atoms with Gasteiger partial charge in [-0.25, -0.2) is 0 Å². The van der Waals surface area contributed by atoms with Gasteiger partial charge in [0.05, 0.1) is 11.9 Å². The highest BCUT2D eigenvalue weighted by atomic mass is 15.1. The molecule has 1 aromatic heterocycles. The second kappa shape index (κ2) is 4.58. The Labute approximate surface area is 107 Å². The average molecular weight is 241 g/mol. The Balaban J connectivity index is 2.01. The Morgan fingerprint density at radius 1 is 1.22 bits per heavy atom. The van der Waals surface area contributed by atoms with Crippen molar-refractivity contribution >= 4 is 0 Å². The fourth-order valence-corrected chi connectivity index (χ4v) is 3.05. The van der Waals surface area contributed by atoms with Gasteiger partial charge in [-0.15, -0.1) is 0 Å². The van der Waals surface area contributed by atoms with Crippen LogP contribution in [0.5, 0.6) is 0 Å². The quantitative estimate of drug-likeness (QED) is 0.864. The average Bonchev–Trinajstić information content (AvgIpc) is 2.84. The molecule has 1 aliphatic carbocycles. The van der Waals surface area contributed by atoms with E-state index in [1.165, 1.54) is 36.1 Å². The summed E-state index contributed by atoms with van der Waals surface area (Å²) in [5.74, 6) is 0. The van der Waals surface area contributed by atoms with Gasteiger partial charge < -0.3 is 5.73 Å². The smallest absolute Gasteiger partial charge is 0.0687 e. The van der Waals surface area contributed by atoms with Crippen LogP contribution in [0, 0.1) is 0 Å². The Bertz CT molecular complexity index is 512. The van der Waals surface area contributed by atoms with Crippen molar-refractivity contribution in [3.8, 4) is 11.3 Å². The highest BCUT2D eigenvalue weighted by molar-refractivity contribution is 5.64. The normalized spacial score (nSPS) is 17.4. The molecule has 0 saturated heterocycles. The molecule has 1 fully saturated rings. The van der Waals surface area contributed by atoms with Crippen molar-refractivity contribution in [2.45, 2.75) is 31.1 Å². The van der Waals surface area contributed by atoms with Gasteiger partial charge in [0, 0.05) is 11.0 Å². The van der Waals surface area contributed by atoms with Crippen molar-refractivity contribution in [2.24, 2.45) is 5.73 Å². The first-order chi connectivity index (χ1) is 8.86. The maximum Gasteiger partial charge on any atom is 0.0687 e. The van der Waals surface area contributed by atoms with Crippen molar-refractivity contribution in [3.63, 3.8) is 0 Å². The minimum atomic E-state index is 0.271. The van der Waals surface area contributed by atoms with Crippen LogP contribution in [0.3, 0.4) is 0 Å². The summed E-state index contributed by atoms with van der Waals surface area (Å²) in [6, 6.07) is 10.4. The van der Waals surface area contributed by atoms with Crippen LogP contribution in [0.2, 0.25) is 0 Å². The van der Waals surface area contributed by atoms with E-state index < -0.39 is 0 Å². The van der Waals surface area contributed by atoms with Crippen molar-refractivity contribution in [1.29, 1.82) is 0 Å². The van der Waals surface area contributed by atoms with Crippen LogP contribution < -0.4 is 5.73 Å². The van der Waals surface area contributed by atoms with Gasteiger partial charge >= 0.3 is 0 Å². The number of nitrogens with zero attached hydrogens (tertiary/aromatic N) is 1. The van der Waals surface area contributed by atoms with E-state index in [4.69, 9.17) is 5.73 Å². The second-order valence-electron chi connectivity index (χ2n) is 5.20. The third-order valence-corrected chi connectivity index (χ3v) is 4.21. The van der Waals surface area contributed by atoms with Crippen LogP contribution in [0.25, 0.3) is 11.3 Å². The molecule has 3 N–H and O–H groups in total. The van der Waals surface area contributed by atoms with Crippen LogP contribution >= 0.6 is 0 Å². The van der Waals surface area contributed by atoms with E-state index in [-0.39, 0.29) is 5.41 Å². The first-order valence-electron chi connectivity index (χ1n) is 6.65. The van der Waals surface area contributed by atoms with Gasteiger partial charge in [-0.2, -0.15) is 5.10 Å². The second-order valence-corrected chi connectivity index (χ2v) is 5.20. The lowest BCUT2D eigenvalue weighted by Gasteiger charge is -2.42. The molecular weight excluding hydrogens is 222 g/mol. The molecule has 0 radical (unpaired) electrons. The highest BCUT2D eigenvalue weighted by Crippen LogP contribution is 2.48. The molecule has 0 unspecified atom stereocenters. The lowest BCUT2D eigenvalue weighted by Crippen LogP contribution is -2.36. The topological polar surface area (TPSA) is 54.7 Å². The van der Waals surface area contributed by atoms with Crippen molar-refractivity contribution in [3.05, 3.63) is 42.1 Å². The number of nitrogens with one attached hydrogen (secondary N) is 1. The number of hydrogen-bond donors (Lipinski definition) is 2. The number of aromatic amines is 1. The van der Waals surface area contributed by atoms with Crippen LogP contribution in [0.4, 0.5) is 0 Å². The minimum Gasteiger partial charge on any atom is -0.330 e. The van der Waals surface area contributed by atoms with Crippen LogP contribution in [-0.2, 0) is 5.41 Å². The minimum absolute atomic E-state index is 0.271. The SMILES string of the molecule is NCCC1(c2cn[nH]c2-c2ccccc2)CCC1. The number of H-pyrrole nitrogens is 1. The van der Waals surface area contributed by atoms with E-state index in [2.05, 4.69) is 34.5 Å². The molecule has 3 rings (SSSR count). The summed E-state index contributed by atoms with van der Waals surface area (Å²) in [6.45, 7) is 0.749. The fraction of sp³-hybridized carbons (Fsp3) is 0.400. The molecule has 1 saturated carbocycles. The number of aromatic nitrogens is 2. The van der Waals surface area contributed by atoms with Gasteiger partial charge in [-0.3, -0.25) is 5.10 Å². The lowest BCUT2D eigenvalue weighted by molar-refractivity contribution is 0.230. The van der Waals surface area contributed by atoms with E-state index in [0.717, 1.165) is 13.0 Å². The molecule has 3 nitrogen and oxygen atoms in total. The molecular formula is C15H19N3. The zero-order valence-electron chi connectivity index (χ0n) is 10.5. The number of hydrogen-bond acceptors (Lipinski definition) is 2. The summed E-state index contributed by atoms with van der Waals surface area (Å²) in [7, 11) is 0. The van der Waals surface area contributed by atoms with E-state index >= 15 is 0 Å². The zero-order valence-corrected chi connectivity index (χ0v) is 10.5. The molecule has 0 amide bonds. The monoisotopic (exact) mass is 241 g/mol. The molecule has 1 heterocycles. The Morgan fingerprint density at radius 2 is 2.00 bits per heavy atom. The summed E-state index contributed by atoms with van der Waals surface area (Å²) < 4.78 is 0. The van der Waals surface area contributed by atoms with Gasteiger partial charge in [0.1, 0.15) is 0 Å². The Hall–Kier alpha value is -1.61. The van der Waals surface area contributed by atoms with Gasteiger partial charge in [0.2, 0.25) is 0 Å². The molecule has 18 heavy (non-hydrogen) atoms. The van der Waals surface area contributed by atoms with E-state index in [0.29, 0.717) is 0 Å². The predicted molar refractivity (Wildman–Crippen MR) is 73.2 cm³/mol. The van der Waals surface area contributed by atoms with E-state index in [9.17, 15) is 0 Å². The summed E-state index contributed by atoms with van der Waals surface area (Å²) >= 11 is 0. The van der Waals surface area contributed by atoms with E-state index in [1.807, 2.05) is 12.3 Å². The number of nitrogens with two attached hydrogens (primary N) is 1. The Morgan fingerprint density at radius 3 is 2.61 bits per heavy atom. The number of rotatable bonds is 4. The van der Waals surface area contributed by atoms with Crippen molar-refractivity contribution in [2.75, 3.05) is 6.54 Å². The molecule has 2 aromatic rings. The molecule has 1 aromatic carbocycles. The maximum absolute atomic E-state index is 5.79. The largest absolute Gasteiger partial charge is 0.330 e. The molecule has 0 spiro atoms. The third kappa shape index (κ3) is 1.75. The van der Waals surface area contributed by atoms with Crippen molar-refractivity contribution in [1.82, 2.24) is 10.2 Å². The predicted octanol–water partition coefficient (Wildman–Crippen LogP) is 2.85. The van der Waals surface area contributed by atoms with Gasteiger partial charge in [0.25, 0.3) is 0 Å². The van der Waals surface area contributed by atoms with Crippen LogP contribution in [0.1, 0.15) is 31.2 Å². The first kappa shape index (κ1) is 11.5. The Kier molecular flexibility index (Phi) is 2.92. The van der Waals surface area contributed by atoms with Gasteiger partial charge in [0.15, 0.2) is 0 Å². The summed E-state index contributed by atoms with van der Waals surface area (Å²) in [5.41, 5.74) is 9.80. The van der Waals surface area contributed by atoms with Crippen LogP contribution in [0.15, 0.2) is 36.5 Å². The molecule has 3 heteroatoms. The van der Waals surface area contributed by atoms with Crippen molar-refractivity contribution < 1.29 is 0 Å². The number of benzene rings is 1. The summed E-state index contributed by atoms with van der Waals surface area (Å²) in [4.78, 5) is 0. The standard InChI is InChI=1S/C15H19N3/c16-10-9-15(7-4-8-15)13-11-17-18-14(13)12-5-2-1-3-6-12/h1-3,5-6,11H,4,7-10,16H2,(H,17,18). The van der Waals surface area contributed by atoms with Gasteiger partial charge in [-0.1, -0.05) is 36.8 Å². The highest BCUT2D eigenvalue weighted by Gasteiger charge is 2.40. The van der Waals surface area contributed by atoms with Crippen LogP contribution in [-0.4, -0.2) is 16.7 Å².